The van der Waals surface area contributed by atoms with Gasteiger partial charge in [0.2, 0.25) is 0 Å². The highest BCUT2D eigenvalue weighted by Gasteiger charge is 2.27. The number of hydrogen-bond donors (Lipinski definition) is 2. The second-order valence-corrected chi connectivity index (χ2v) is 8.78. The summed E-state index contributed by atoms with van der Waals surface area (Å²) in [6.07, 6.45) is 4.40. The second-order valence-electron chi connectivity index (χ2n) is 8.05. The molecule has 10 nitrogen and oxygen atoms in total. The predicted octanol–water partition coefficient (Wildman–Crippen LogP) is 3.05. The highest BCUT2D eigenvalue weighted by Crippen LogP contribution is 2.32. The zero-order chi connectivity index (χ0) is 24.3. The molecule has 13 heteroatoms. The summed E-state index contributed by atoms with van der Waals surface area (Å²) in [6.45, 7) is 0.773. The van der Waals surface area contributed by atoms with E-state index in [-0.39, 0.29) is 44.2 Å². The smallest absolute Gasteiger partial charge is 0.284 e. The second kappa shape index (κ2) is 8.22. The lowest BCUT2D eigenvalue weighted by Gasteiger charge is -2.17. The van der Waals surface area contributed by atoms with Crippen molar-refractivity contribution in [3.63, 3.8) is 0 Å². The largest absolute Gasteiger partial charge is 0.312 e. The molecule has 6 rings (SSSR count). The molecule has 1 saturated heterocycles. The lowest BCUT2D eigenvalue weighted by Crippen LogP contribution is -2.30. The van der Waals surface area contributed by atoms with E-state index in [1.807, 2.05) is 0 Å². The topological polar surface area (TPSA) is 123 Å². The van der Waals surface area contributed by atoms with Crippen molar-refractivity contribution in [2.45, 2.75) is 18.9 Å². The van der Waals surface area contributed by atoms with Gasteiger partial charge < -0.3 is 10.3 Å². The Labute approximate surface area is 205 Å². The maximum atomic E-state index is 14.1. The average Bonchev–Trinajstić information content (AvgIpc) is 3.47. The van der Waals surface area contributed by atoms with Gasteiger partial charge in [-0.1, -0.05) is 29.3 Å². The van der Waals surface area contributed by atoms with Crippen LogP contribution >= 0.6 is 23.2 Å². The maximum absolute atomic E-state index is 14.1. The first-order valence-electron chi connectivity index (χ1n) is 10.7. The standard InChI is InChI=1S/C22H15Cl2FN8O2/c23-15-12(18-29-17(24)14-19(30-18)27-9-28-21(14)34)8-32-16(15)22(35)33(11-4-1-3-10(25)7-11)20(31-32)13-5-2-6-26-13/h1,3-4,7-9,13,26H,2,5-6H2,(H,27,28,29,30,34). The predicted molar refractivity (Wildman–Crippen MR) is 128 cm³/mol. The van der Waals surface area contributed by atoms with Crippen molar-refractivity contribution < 1.29 is 4.39 Å². The van der Waals surface area contributed by atoms with Crippen LogP contribution in [0.25, 0.3) is 33.6 Å². The van der Waals surface area contributed by atoms with Crippen LogP contribution < -0.4 is 16.4 Å². The zero-order valence-electron chi connectivity index (χ0n) is 17.8. The molecule has 5 heterocycles. The fraction of sp³-hybridized carbons (Fsp3) is 0.182. The Morgan fingerprint density at radius 3 is 2.80 bits per heavy atom. The number of fused-ring (bicyclic) bond motifs is 2. The maximum Gasteiger partial charge on any atom is 0.284 e. The minimum atomic E-state index is -0.483. The molecular weight excluding hydrogens is 498 g/mol. The summed E-state index contributed by atoms with van der Waals surface area (Å²) in [5, 5.41) is 7.99. The monoisotopic (exact) mass is 512 g/mol. The van der Waals surface area contributed by atoms with Crippen LogP contribution in [0.5, 0.6) is 0 Å². The molecule has 176 valence electrons. The molecule has 0 amide bonds. The molecule has 0 aliphatic carbocycles. The molecule has 1 fully saturated rings. The van der Waals surface area contributed by atoms with Crippen molar-refractivity contribution in [2.24, 2.45) is 0 Å². The third kappa shape index (κ3) is 3.51. The summed E-state index contributed by atoms with van der Waals surface area (Å²) in [6, 6.07) is 5.52. The molecule has 4 aromatic heterocycles. The Kier molecular flexibility index (Phi) is 5.13. The van der Waals surface area contributed by atoms with Crippen LogP contribution in [0.1, 0.15) is 24.7 Å². The number of nitrogens with zero attached hydrogens (tertiary/aromatic N) is 6. The van der Waals surface area contributed by atoms with Crippen LogP contribution in [0.3, 0.4) is 0 Å². The average molecular weight is 513 g/mol. The first-order valence-corrected chi connectivity index (χ1v) is 11.4. The normalized spacial score (nSPS) is 15.9. The Balaban J connectivity index is 1.63. The van der Waals surface area contributed by atoms with Gasteiger partial charge >= 0.3 is 0 Å². The van der Waals surface area contributed by atoms with Gasteiger partial charge in [-0.25, -0.2) is 23.9 Å². The summed E-state index contributed by atoms with van der Waals surface area (Å²) in [7, 11) is 0. The van der Waals surface area contributed by atoms with Crippen LogP contribution in [0.2, 0.25) is 10.2 Å². The molecule has 2 N–H and O–H groups in total. The zero-order valence-corrected chi connectivity index (χ0v) is 19.3. The summed E-state index contributed by atoms with van der Waals surface area (Å²) in [5.41, 5.74) is -0.201. The quantitative estimate of drug-likeness (QED) is 0.356. The third-order valence-corrected chi connectivity index (χ3v) is 6.56. The van der Waals surface area contributed by atoms with E-state index < -0.39 is 16.9 Å². The van der Waals surface area contributed by atoms with E-state index in [9.17, 15) is 14.0 Å². The van der Waals surface area contributed by atoms with Gasteiger partial charge in [0.15, 0.2) is 17.3 Å². The summed E-state index contributed by atoms with van der Waals surface area (Å²) < 4.78 is 16.8. The molecule has 1 unspecified atom stereocenters. The molecule has 5 aromatic rings. The number of benzene rings is 1. The molecule has 1 aliphatic rings. The molecule has 0 radical (unpaired) electrons. The third-order valence-electron chi connectivity index (χ3n) is 5.90. The van der Waals surface area contributed by atoms with E-state index in [4.69, 9.17) is 23.2 Å². The van der Waals surface area contributed by atoms with E-state index in [1.165, 1.54) is 39.8 Å². The highest BCUT2D eigenvalue weighted by atomic mass is 35.5. The van der Waals surface area contributed by atoms with Crippen molar-refractivity contribution in [3.8, 4) is 17.1 Å². The van der Waals surface area contributed by atoms with E-state index in [0.717, 1.165) is 19.4 Å². The van der Waals surface area contributed by atoms with Crippen molar-refractivity contribution >= 4 is 39.8 Å². The van der Waals surface area contributed by atoms with Gasteiger partial charge in [-0.3, -0.25) is 14.2 Å². The van der Waals surface area contributed by atoms with Crippen LogP contribution in [0.4, 0.5) is 4.39 Å². The van der Waals surface area contributed by atoms with Crippen molar-refractivity contribution in [2.75, 3.05) is 6.54 Å². The fourth-order valence-electron chi connectivity index (χ4n) is 4.31. The fourth-order valence-corrected chi connectivity index (χ4v) is 4.87. The van der Waals surface area contributed by atoms with Gasteiger partial charge in [0.05, 0.1) is 28.6 Å². The van der Waals surface area contributed by atoms with Crippen LogP contribution in [0, 0.1) is 5.82 Å². The lowest BCUT2D eigenvalue weighted by atomic mass is 10.2. The Hall–Kier alpha value is -3.67. The summed E-state index contributed by atoms with van der Waals surface area (Å²) >= 11 is 12.9. The van der Waals surface area contributed by atoms with E-state index >= 15 is 0 Å². The Morgan fingerprint density at radius 1 is 1.17 bits per heavy atom. The molecule has 0 bridgehead atoms. The number of rotatable bonds is 3. The summed E-state index contributed by atoms with van der Waals surface area (Å²) in [5.74, 6) is 0.0197. The van der Waals surface area contributed by atoms with Gasteiger partial charge in [-0.15, -0.1) is 0 Å². The van der Waals surface area contributed by atoms with Crippen LogP contribution in [0.15, 0.2) is 46.4 Å². The highest BCUT2D eigenvalue weighted by molar-refractivity contribution is 6.37. The number of aromatic amines is 1. The lowest BCUT2D eigenvalue weighted by molar-refractivity contribution is 0.558. The number of nitrogens with one attached hydrogen (secondary N) is 2. The van der Waals surface area contributed by atoms with Gasteiger partial charge in [-0.2, -0.15) is 5.10 Å². The van der Waals surface area contributed by atoms with Crippen LogP contribution in [-0.2, 0) is 0 Å². The first-order chi connectivity index (χ1) is 16.9. The molecule has 0 spiro atoms. The van der Waals surface area contributed by atoms with Crippen molar-refractivity contribution in [1.29, 1.82) is 0 Å². The molecule has 35 heavy (non-hydrogen) atoms. The van der Waals surface area contributed by atoms with Gasteiger partial charge in [0, 0.05) is 6.20 Å². The molecule has 0 saturated carbocycles. The van der Waals surface area contributed by atoms with E-state index in [0.29, 0.717) is 11.5 Å². The Morgan fingerprint density at radius 2 is 2.03 bits per heavy atom. The van der Waals surface area contributed by atoms with Crippen molar-refractivity contribution in [3.05, 3.63) is 79.3 Å². The first kappa shape index (κ1) is 21.8. The number of hydrogen-bond acceptors (Lipinski definition) is 7. The number of aromatic nitrogens is 7. The van der Waals surface area contributed by atoms with Gasteiger partial charge in [0.1, 0.15) is 21.9 Å². The van der Waals surface area contributed by atoms with Gasteiger partial charge in [-0.05, 0) is 37.6 Å². The molecule has 1 atom stereocenters. The Bertz CT molecular complexity index is 1760. The molecular formula is C22H15Cl2FN8O2. The van der Waals surface area contributed by atoms with Crippen LogP contribution in [-0.4, -0.2) is 40.7 Å². The van der Waals surface area contributed by atoms with Crippen molar-refractivity contribution in [1.82, 2.24) is 39.4 Å². The van der Waals surface area contributed by atoms with E-state index in [1.54, 1.807) is 6.07 Å². The number of H-pyrrole nitrogens is 1. The van der Waals surface area contributed by atoms with Gasteiger partial charge in [0.25, 0.3) is 11.1 Å². The molecule has 1 aliphatic heterocycles. The minimum absolute atomic E-state index is 0.0406. The SMILES string of the molecule is O=c1[nH]cnc2nc(-c3cn4nc(C5CCCN5)n(-c5cccc(F)c5)c(=O)c4c3Cl)nc(Cl)c12. The molecule has 1 aromatic carbocycles. The summed E-state index contributed by atoms with van der Waals surface area (Å²) in [4.78, 5) is 40.8. The minimum Gasteiger partial charge on any atom is -0.312 e. The number of halogens is 3. The van der Waals surface area contributed by atoms with E-state index in [2.05, 4.69) is 30.4 Å².